The van der Waals surface area contributed by atoms with Crippen LogP contribution < -0.4 is 0 Å². The van der Waals surface area contributed by atoms with Crippen LogP contribution in [0, 0.1) is 5.92 Å². The molecule has 0 unspecified atom stereocenters. The van der Waals surface area contributed by atoms with E-state index in [1.165, 1.54) is 6.92 Å². The third-order valence-electron chi connectivity index (χ3n) is 2.80. The highest BCUT2D eigenvalue weighted by molar-refractivity contribution is 5.81. The van der Waals surface area contributed by atoms with Gasteiger partial charge in [-0.2, -0.15) is 13.2 Å². The summed E-state index contributed by atoms with van der Waals surface area (Å²) in [5, 5.41) is 0. The normalized spacial score (nSPS) is 24.3. The summed E-state index contributed by atoms with van der Waals surface area (Å²) in [6.07, 6.45) is -4.14. The molecule has 1 fully saturated rings. The van der Waals surface area contributed by atoms with Gasteiger partial charge in [0.05, 0.1) is 12.0 Å². The van der Waals surface area contributed by atoms with E-state index in [0.717, 1.165) is 0 Å². The number of carbonyl (C=O) groups excluding carboxylic acids is 1. The molecule has 0 N–H and O–H groups in total. The van der Waals surface area contributed by atoms with Crippen molar-refractivity contribution in [3.63, 3.8) is 0 Å². The zero-order valence-corrected chi connectivity index (χ0v) is 12.3. The van der Waals surface area contributed by atoms with E-state index in [9.17, 15) is 18.0 Å². The highest BCUT2D eigenvalue weighted by Crippen LogP contribution is 2.36. The number of Topliss-reactive ketones (excluding diaryl/α,β-unsaturated/α-hetero) is 1. The molecule has 0 amide bonds. The molecule has 1 heterocycles. The van der Waals surface area contributed by atoms with Crippen molar-refractivity contribution in [3.05, 3.63) is 0 Å². The molecule has 1 rings (SSSR count). The molecular formula is C13H26F3NO. The monoisotopic (exact) mass is 269 g/mol. The number of ketones is 1. The minimum Gasteiger partial charge on any atom is -0.298 e. The molecule has 0 aliphatic carbocycles. The summed E-state index contributed by atoms with van der Waals surface area (Å²) in [5.41, 5.74) is 0. The lowest BCUT2D eigenvalue weighted by Gasteiger charge is -2.36. The zero-order valence-electron chi connectivity index (χ0n) is 12.3. The molecule has 0 bridgehead atoms. The molecule has 0 aromatic carbocycles. The second-order valence-corrected chi connectivity index (χ2v) is 3.87. The van der Waals surface area contributed by atoms with Crippen molar-refractivity contribution in [1.29, 1.82) is 0 Å². The summed E-state index contributed by atoms with van der Waals surface area (Å²) in [5.74, 6) is -1.49. The Labute approximate surface area is 109 Å². The van der Waals surface area contributed by atoms with Crippen LogP contribution in [0.3, 0.4) is 0 Å². The predicted octanol–water partition coefficient (Wildman–Crippen LogP) is 3.90. The number of halogens is 3. The van der Waals surface area contributed by atoms with E-state index < -0.39 is 18.1 Å². The van der Waals surface area contributed by atoms with Crippen molar-refractivity contribution in [2.45, 2.75) is 59.7 Å². The first kappa shape index (κ1) is 19.8. The summed E-state index contributed by atoms with van der Waals surface area (Å²) in [7, 11) is 1.69. The Balaban J connectivity index is 0. The van der Waals surface area contributed by atoms with Gasteiger partial charge in [-0.15, -0.1) is 0 Å². The minimum absolute atomic E-state index is 0.0880. The van der Waals surface area contributed by atoms with E-state index >= 15 is 0 Å². The van der Waals surface area contributed by atoms with Crippen molar-refractivity contribution < 1.29 is 18.0 Å². The Bertz CT molecular complexity index is 229. The SMILES string of the molecule is CC.CC.CC(=O)[C@@H]1C[C@H](C(F)(F)F)CCN1C. The Kier molecular flexibility index (Phi) is 10.3. The van der Waals surface area contributed by atoms with E-state index in [4.69, 9.17) is 0 Å². The van der Waals surface area contributed by atoms with Crippen molar-refractivity contribution in [2.75, 3.05) is 13.6 Å². The van der Waals surface area contributed by atoms with Crippen LogP contribution in [0.5, 0.6) is 0 Å². The Morgan fingerprint density at radius 1 is 1.17 bits per heavy atom. The van der Waals surface area contributed by atoms with E-state index in [0.29, 0.717) is 6.54 Å². The number of nitrogens with zero attached hydrogens (tertiary/aromatic N) is 1. The lowest BCUT2D eigenvalue weighted by Crippen LogP contribution is -2.47. The lowest BCUT2D eigenvalue weighted by molar-refractivity contribution is -0.189. The van der Waals surface area contributed by atoms with Crippen molar-refractivity contribution in [3.8, 4) is 0 Å². The van der Waals surface area contributed by atoms with Gasteiger partial charge in [0, 0.05) is 0 Å². The van der Waals surface area contributed by atoms with Crippen molar-refractivity contribution in [2.24, 2.45) is 5.92 Å². The average molecular weight is 269 g/mol. The average Bonchev–Trinajstić information content (AvgIpc) is 2.33. The number of piperidine rings is 1. The summed E-state index contributed by atoms with van der Waals surface area (Å²) in [6, 6.07) is -0.560. The number of hydrogen-bond acceptors (Lipinski definition) is 2. The first-order valence-corrected chi connectivity index (χ1v) is 6.59. The standard InChI is InChI=1S/C9H14F3NO.2C2H6/c1-6(14)8-5-7(9(10,11)12)3-4-13(8)2;2*1-2/h7-8H,3-5H2,1-2H3;2*1-2H3/t7-,8+;;/m1../s1. The first-order chi connectivity index (χ1) is 8.32. The van der Waals surface area contributed by atoms with Gasteiger partial charge in [-0.3, -0.25) is 9.69 Å². The number of likely N-dealkylation sites (N-methyl/N-ethyl adjacent to an activating group) is 1. The van der Waals surface area contributed by atoms with Crippen LogP contribution in [0.4, 0.5) is 13.2 Å². The Hall–Kier alpha value is -0.580. The number of carbonyl (C=O) groups is 1. The third kappa shape index (κ3) is 6.38. The minimum atomic E-state index is -4.16. The van der Waals surface area contributed by atoms with Crippen LogP contribution in [-0.4, -0.2) is 36.5 Å². The molecule has 0 aromatic rings. The number of hydrogen-bond donors (Lipinski definition) is 0. The maximum Gasteiger partial charge on any atom is 0.391 e. The fourth-order valence-electron chi connectivity index (χ4n) is 1.86. The van der Waals surface area contributed by atoms with Gasteiger partial charge in [0.1, 0.15) is 5.78 Å². The van der Waals surface area contributed by atoms with Crippen LogP contribution in [0.25, 0.3) is 0 Å². The van der Waals surface area contributed by atoms with E-state index in [-0.39, 0.29) is 18.6 Å². The maximum atomic E-state index is 12.4. The van der Waals surface area contributed by atoms with E-state index in [1.807, 2.05) is 27.7 Å². The Morgan fingerprint density at radius 3 is 1.94 bits per heavy atom. The van der Waals surface area contributed by atoms with Crippen LogP contribution in [0.2, 0.25) is 0 Å². The van der Waals surface area contributed by atoms with Crippen molar-refractivity contribution in [1.82, 2.24) is 4.90 Å². The molecule has 0 aromatic heterocycles. The predicted molar refractivity (Wildman–Crippen MR) is 68.6 cm³/mol. The molecule has 18 heavy (non-hydrogen) atoms. The number of likely N-dealkylation sites (tertiary alicyclic amines) is 1. The number of rotatable bonds is 1. The molecule has 2 atom stereocenters. The lowest BCUT2D eigenvalue weighted by atomic mass is 9.89. The van der Waals surface area contributed by atoms with Gasteiger partial charge in [0.2, 0.25) is 0 Å². The maximum absolute atomic E-state index is 12.4. The van der Waals surface area contributed by atoms with Gasteiger partial charge < -0.3 is 0 Å². The summed E-state index contributed by atoms with van der Waals surface area (Å²) in [6.45, 7) is 9.69. The molecule has 1 saturated heterocycles. The quantitative estimate of drug-likeness (QED) is 0.719. The smallest absolute Gasteiger partial charge is 0.298 e. The summed E-state index contributed by atoms with van der Waals surface area (Å²) >= 11 is 0. The second-order valence-electron chi connectivity index (χ2n) is 3.87. The topological polar surface area (TPSA) is 20.3 Å². The molecule has 0 spiro atoms. The van der Waals surface area contributed by atoms with Gasteiger partial charge >= 0.3 is 6.18 Å². The molecule has 0 radical (unpaired) electrons. The van der Waals surface area contributed by atoms with Crippen molar-refractivity contribution >= 4 is 5.78 Å². The van der Waals surface area contributed by atoms with E-state index in [1.54, 1.807) is 11.9 Å². The molecule has 110 valence electrons. The number of alkyl halides is 3. The molecule has 2 nitrogen and oxygen atoms in total. The van der Waals surface area contributed by atoms with Gasteiger partial charge in [0.25, 0.3) is 0 Å². The third-order valence-corrected chi connectivity index (χ3v) is 2.80. The molecule has 1 aliphatic heterocycles. The summed E-state index contributed by atoms with van der Waals surface area (Å²) < 4.78 is 37.1. The fourth-order valence-corrected chi connectivity index (χ4v) is 1.86. The van der Waals surface area contributed by atoms with Gasteiger partial charge in [-0.25, -0.2) is 0 Å². The molecular weight excluding hydrogens is 243 g/mol. The second kappa shape index (κ2) is 9.36. The van der Waals surface area contributed by atoms with Gasteiger partial charge in [-0.05, 0) is 33.4 Å². The highest BCUT2D eigenvalue weighted by atomic mass is 19.4. The highest BCUT2D eigenvalue weighted by Gasteiger charge is 2.44. The molecule has 0 saturated carbocycles. The van der Waals surface area contributed by atoms with Crippen LogP contribution in [0.15, 0.2) is 0 Å². The summed E-state index contributed by atoms with van der Waals surface area (Å²) in [4.78, 5) is 12.8. The molecule has 5 heteroatoms. The van der Waals surface area contributed by atoms with Gasteiger partial charge in [-0.1, -0.05) is 27.7 Å². The first-order valence-electron chi connectivity index (χ1n) is 6.59. The zero-order chi connectivity index (χ0) is 14.9. The van der Waals surface area contributed by atoms with E-state index in [2.05, 4.69) is 0 Å². The van der Waals surface area contributed by atoms with Gasteiger partial charge in [0.15, 0.2) is 0 Å². The Morgan fingerprint density at radius 2 is 1.61 bits per heavy atom. The van der Waals surface area contributed by atoms with Crippen LogP contribution in [0.1, 0.15) is 47.5 Å². The fraction of sp³-hybridized carbons (Fsp3) is 0.923. The van der Waals surface area contributed by atoms with Crippen LogP contribution >= 0.6 is 0 Å². The van der Waals surface area contributed by atoms with Crippen LogP contribution in [-0.2, 0) is 4.79 Å². The molecule has 1 aliphatic rings. The largest absolute Gasteiger partial charge is 0.391 e.